The van der Waals surface area contributed by atoms with Gasteiger partial charge in [-0.05, 0) is 89.4 Å². The maximum Gasteiger partial charge on any atom is 0.513 e. The molecule has 0 fully saturated rings. The van der Waals surface area contributed by atoms with Gasteiger partial charge in [-0.1, -0.05) is 74.0 Å². The summed E-state index contributed by atoms with van der Waals surface area (Å²) in [6, 6.07) is -0.910. The summed E-state index contributed by atoms with van der Waals surface area (Å²) in [6.07, 6.45) is 8.17. The number of rotatable bonds is 37. The average Bonchev–Trinajstić information content (AvgIpc) is 4.01. The van der Waals surface area contributed by atoms with E-state index in [0.717, 1.165) is 30.4 Å². The van der Waals surface area contributed by atoms with Crippen LogP contribution in [0.5, 0.6) is 5.75 Å². The number of amides is 6. The molecule has 0 unspecified atom stereocenters. The zero-order valence-electron chi connectivity index (χ0n) is 41.5. The molecule has 1 aliphatic heterocycles. The number of primary amides is 1. The van der Waals surface area contributed by atoms with Crippen LogP contribution in [-0.2, 0) is 38.3 Å². The number of hydrogen-bond donors (Lipinski definition) is 9. The molecule has 0 spiro atoms. The van der Waals surface area contributed by atoms with Gasteiger partial charge in [-0.3, -0.25) is 33.8 Å². The Balaban J connectivity index is 1.55. The van der Waals surface area contributed by atoms with E-state index >= 15 is 0 Å². The van der Waals surface area contributed by atoms with Crippen LogP contribution in [0.4, 0.5) is 4.79 Å². The fourth-order valence-electron chi connectivity index (χ4n) is 7.19. The van der Waals surface area contributed by atoms with Crippen molar-refractivity contribution in [1.29, 1.82) is 0 Å². The van der Waals surface area contributed by atoms with E-state index in [1.54, 1.807) is 18.2 Å². The number of hydrogen-bond acceptors (Lipinski definition) is 18. The Hall–Kier alpha value is -4.69. The number of fused-ring (bicyclic) bond motifs is 1. The summed E-state index contributed by atoms with van der Waals surface area (Å²) in [7, 11) is 2.83. The molecule has 1 aliphatic rings. The lowest BCUT2D eigenvalue weighted by Crippen LogP contribution is -2.59. The fourth-order valence-corrected chi connectivity index (χ4v) is 11.6. The monoisotopic (exact) mass is 1080 g/mol. The lowest BCUT2D eigenvalue weighted by atomic mass is 10.0. The van der Waals surface area contributed by atoms with Crippen molar-refractivity contribution in [2.45, 2.75) is 160 Å². The van der Waals surface area contributed by atoms with Gasteiger partial charge in [0.25, 0.3) is 0 Å². The van der Waals surface area contributed by atoms with Crippen LogP contribution < -0.4 is 48.5 Å². The molecule has 1 aromatic carbocycles. The Kier molecular flexibility index (Phi) is 29.7. The molecule has 2 aromatic rings. The molecule has 72 heavy (non-hydrogen) atoms. The number of unbranched alkanes of at least 4 members (excludes halogenated alkanes) is 7. The molecule has 3 rings (SSSR count). The van der Waals surface area contributed by atoms with Crippen molar-refractivity contribution in [3.8, 4) is 5.75 Å². The van der Waals surface area contributed by atoms with Gasteiger partial charge < -0.3 is 58.4 Å². The number of aliphatic imine (C=N–C) groups is 1. The zero-order chi connectivity index (χ0) is 52.8. The minimum atomic E-state index is -1.08. The van der Waals surface area contributed by atoms with Gasteiger partial charge in [0.2, 0.25) is 35.4 Å². The molecular formula is C47H74N10O11S4. The second kappa shape index (κ2) is 34.7. The van der Waals surface area contributed by atoms with Crippen molar-refractivity contribution in [3.05, 3.63) is 23.2 Å². The van der Waals surface area contributed by atoms with Gasteiger partial charge in [0.1, 0.15) is 46.0 Å². The van der Waals surface area contributed by atoms with E-state index in [4.69, 9.17) is 26.7 Å². The molecule has 6 atom stereocenters. The SMILES string of the molecule is CCCCC[C@@H](NC(=O)[C@H](CSSCCCCOC(=O)Oc1ccc2nc(C3=N[C@@H](C(=O)O)CS3)sc2c1)NC(C)=O)C(=O)N[C@H](CCCCN)C(=O)N[C@H](CCCCC)C(=O)N[C@H](CCCCN)C(N)=O. The highest BCUT2D eigenvalue weighted by Crippen LogP contribution is 2.32. The second-order valence-electron chi connectivity index (χ2n) is 17.2. The van der Waals surface area contributed by atoms with Crippen LogP contribution in [0.25, 0.3) is 10.2 Å². The quantitative estimate of drug-likeness (QED) is 0.0197. The molecule has 0 bridgehead atoms. The molecule has 2 heterocycles. The molecule has 0 radical (unpaired) electrons. The van der Waals surface area contributed by atoms with E-state index in [1.165, 1.54) is 51.6 Å². The largest absolute Gasteiger partial charge is 0.513 e. The molecule has 0 saturated heterocycles. The Labute approximate surface area is 437 Å². The number of carboxylic acid groups (broad SMARTS) is 1. The van der Waals surface area contributed by atoms with Gasteiger partial charge in [0.15, 0.2) is 6.04 Å². The minimum Gasteiger partial charge on any atom is -0.480 e. The Bertz CT molecular complexity index is 2120. The Morgan fingerprint density at radius 1 is 0.722 bits per heavy atom. The average molecular weight is 1080 g/mol. The van der Waals surface area contributed by atoms with Crippen LogP contribution in [0.3, 0.4) is 0 Å². The van der Waals surface area contributed by atoms with Gasteiger partial charge >= 0.3 is 12.1 Å². The zero-order valence-corrected chi connectivity index (χ0v) is 44.8. The number of ether oxygens (including phenoxy) is 2. The number of nitrogens with one attached hydrogen (secondary N) is 5. The third-order valence-corrected chi connectivity index (χ3v) is 15.9. The molecule has 12 N–H and O–H groups in total. The molecule has 0 aliphatic carbocycles. The van der Waals surface area contributed by atoms with Crippen LogP contribution in [0.1, 0.15) is 129 Å². The predicted molar refractivity (Wildman–Crippen MR) is 285 cm³/mol. The molecule has 6 amide bonds. The Morgan fingerprint density at radius 3 is 1.78 bits per heavy atom. The summed E-state index contributed by atoms with van der Waals surface area (Å²) in [6.45, 7) is 6.19. The van der Waals surface area contributed by atoms with Crippen molar-refractivity contribution < 1.29 is 52.9 Å². The van der Waals surface area contributed by atoms with Gasteiger partial charge in [0.05, 0.1) is 16.8 Å². The molecule has 0 saturated carbocycles. The molecular weight excluding hydrogens is 1010 g/mol. The lowest BCUT2D eigenvalue weighted by Gasteiger charge is -2.27. The number of nitrogens with two attached hydrogens (primary N) is 3. The van der Waals surface area contributed by atoms with Crippen LogP contribution in [0.15, 0.2) is 23.2 Å². The summed E-state index contributed by atoms with van der Waals surface area (Å²) in [4.78, 5) is 112. The number of thioether (sulfide) groups is 1. The molecule has 21 nitrogen and oxygen atoms in total. The standard InChI is InChI=1S/C47H74N10O11S4/c1-4-6-8-17-33(40(60)52-32(39(50)59)16-10-12-22-48)53-42(62)35(19-11-13-23-49)54-41(61)34(18-9-7-5-2)55-43(63)36(51-29(3)58)28-71-70-25-15-14-24-67-47(66)68-30-20-21-31-38(26-30)72-45(56-31)44-57-37(27-69-44)46(64)65/h20-21,26,32-37H,4-19,22-25,27-28,48-49H2,1-3H3,(H2,50,59)(H,51,58)(H,52,60)(H,53,62)(H,54,61)(H,55,63)(H,64,65)/t32-,33-,34-,35-,36+,37-/m1/s1. The van der Waals surface area contributed by atoms with Crippen molar-refractivity contribution in [1.82, 2.24) is 31.6 Å². The highest BCUT2D eigenvalue weighted by molar-refractivity contribution is 8.76. The number of carbonyl (C=O) groups excluding carboxylic acids is 7. The molecule has 25 heteroatoms. The number of aromatic nitrogens is 1. The van der Waals surface area contributed by atoms with Crippen molar-refractivity contribution in [2.75, 3.05) is 37.0 Å². The summed E-state index contributed by atoms with van der Waals surface area (Å²) in [5, 5.41) is 24.2. The van der Waals surface area contributed by atoms with Gasteiger partial charge in [0, 0.05) is 30.2 Å². The number of carbonyl (C=O) groups is 8. The lowest BCUT2D eigenvalue weighted by molar-refractivity contribution is -0.137. The normalized spacial score (nSPS) is 15.3. The fraction of sp³-hybridized carbons (Fsp3) is 0.660. The first-order valence-electron chi connectivity index (χ1n) is 24.7. The van der Waals surface area contributed by atoms with E-state index in [9.17, 15) is 43.5 Å². The van der Waals surface area contributed by atoms with Crippen molar-refractivity contribution >= 4 is 108 Å². The predicted octanol–water partition coefficient (Wildman–Crippen LogP) is 4.27. The first kappa shape index (κ1) is 61.6. The highest BCUT2D eigenvalue weighted by Gasteiger charge is 2.32. The summed E-state index contributed by atoms with van der Waals surface area (Å²) in [5.74, 6) is -3.01. The van der Waals surface area contributed by atoms with Gasteiger partial charge in [-0.25, -0.2) is 14.6 Å². The van der Waals surface area contributed by atoms with E-state index in [1.807, 2.05) is 13.8 Å². The van der Waals surface area contributed by atoms with E-state index in [-0.39, 0.29) is 31.0 Å². The minimum absolute atomic E-state index is 0.106. The van der Waals surface area contributed by atoms with Gasteiger partial charge in [-0.15, -0.1) is 23.1 Å². The first-order valence-corrected chi connectivity index (χ1v) is 29.0. The number of nitrogens with zero attached hydrogens (tertiary/aromatic N) is 2. The number of thiazole rings is 1. The van der Waals surface area contributed by atoms with Crippen LogP contribution >= 0.6 is 44.7 Å². The second-order valence-corrected chi connectivity index (χ2v) is 21.9. The van der Waals surface area contributed by atoms with Crippen LogP contribution in [0.2, 0.25) is 0 Å². The smallest absolute Gasteiger partial charge is 0.480 e. The first-order chi connectivity index (χ1) is 34.6. The summed E-state index contributed by atoms with van der Waals surface area (Å²) < 4.78 is 11.4. The Morgan fingerprint density at radius 2 is 1.26 bits per heavy atom. The van der Waals surface area contributed by atoms with E-state index < -0.39 is 83.8 Å². The summed E-state index contributed by atoms with van der Waals surface area (Å²) >= 11 is 2.65. The number of benzene rings is 1. The summed E-state index contributed by atoms with van der Waals surface area (Å²) in [5.41, 5.74) is 17.6. The van der Waals surface area contributed by atoms with Crippen LogP contribution in [0, 0.1) is 0 Å². The molecule has 1 aromatic heterocycles. The third kappa shape index (κ3) is 23.0. The van der Waals surface area contributed by atoms with Crippen LogP contribution in [-0.4, -0.2) is 136 Å². The topological polar surface area (TPSA) is 339 Å². The van der Waals surface area contributed by atoms with Crippen molar-refractivity contribution in [3.63, 3.8) is 0 Å². The third-order valence-electron chi connectivity index (χ3n) is 11.2. The van der Waals surface area contributed by atoms with E-state index in [0.29, 0.717) is 104 Å². The van der Waals surface area contributed by atoms with E-state index in [2.05, 4.69) is 36.6 Å². The number of aliphatic carboxylic acids is 1. The number of carboxylic acids is 1. The highest BCUT2D eigenvalue weighted by atomic mass is 33.1. The van der Waals surface area contributed by atoms with Crippen molar-refractivity contribution in [2.24, 2.45) is 22.2 Å². The molecule has 402 valence electrons. The maximum atomic E-state index is 14.0. The maximum absolute atomic E-state index is 14.0. The van der Waals surface area contributed by atoms with Gasteiger partial charge in [-0.2, -0.15) is 0 Å².